The topological polar surface area (TPSA) is 15.3 Å². The van der Waals surface area contributed by atoms with Crippen molar-refractivity contribution < 1.29 is 0 Å². The lowest BCUT2D eigenvalue weighted by molar-refractivity contribution is 0.220. The Labute approximate surface area is 130 Å². The molecule has 2 rings (SSSR count). The molecule has 0 saturated heterocycles. The molecule has 1 aliphatic carbocycles. The van der Waals surface area contributed by atoms with Crippen molar-refractivity contribution in [1.82, 2.24) is 10.2 Å². The van der Waals surface area contributed by atoms with Crippen molar-refractivity contribution in [1.29, 1.82) is 0 Å². The van der Waals surface area contributed by atoms with Gasteiger partial charge < -0.3 is 10.2 Å². The highest BCUT2D eigenvalue weighted by molar-refractivity contribution is 5.21. The van der Waals surface area contributed by atoms with Crippen LogP contribution >= 0.6 is 0 Å². The lowest BCUT2D eigenvalue weighted by Gasteiger charge is -2.30. The van der Waals surface area contributed by atoms with Crippen molar-refractivity contribution in [3.05, 3.63) is 35.4 Å². The van der Waals surface area contributed by atoms with E-state index in [1.807, 2.05) is 0 Å². The zero-order valence-corrected chi connectivity index (χ0v) is 14.1. The minimum Gasteiger partial charge on any atom is -0.314 e. The summed E-state index contributed by atoms with van der Waals surface area (Å²) >= 11 is 0. The zero-order valence-electron chi connectivity index (χ0n) is 14.1. The maximum atomic E-state index is 3.72. The molecule has 0 aliphatic heterocycles. The first kappa shape index (κ1) is 16.5. The van der Waals surface area contributed by atoms with Gasteiger partial charge in [-0.3, -0.25) is 0 Å². The largest absolute Gasteiger partial charge is 0.314 e. The van der Waals surface area contributed by atoms with E-state index in [1.165, 1.54) is 49.8 Å². The monoisotopic (exact) mass is 288 g/mol. The third kappa shape index (κ3) is 5.44. The van der Waals surface area contributed by atoms with Gasteiger partial charge in [-0.15, -0.1) is 0 Å². The summed E-state index contributed by atoms with van der Waals surface area (Å²) in [5.41, 5.74) is 2.77. The van der Waals surface area contributed by atoms with Crippen LogP contribution in [0.25, 0.3) is 0 Å². The number of nitrogens with one attached hydrogen (secondary N) is 1. The Morgan fingerprint density at radius 3 is 2.52 bits per heavy atom. The number of hydrogen-bond donors (Lipinski definition) is 1. The molecule has 0 bridgehead atoms. The number of aryl methyl sites for hydroxylation is 1. The first-order valence-corrected chi connectivity index (χ1v) is 8.66. The SMILES string of the molecule is CCNC1CCCCCC1CN(C)Cc1ccc(C)cc1. The number of rotatable bonds is 6. The fourth-order valence-corrected chi connectivity index (χ4v) is 3.60. The first-order valence-electron chi connectivity index (χ1n) is 8.66. The number of nitrogens with zero attached hydrogens (tertiary/aromatic N) is 1. The quantitative estimate of drug-likeness (QED) is 0.796. The predicted octanol–water partition coefficient (Wildman–Crippen LogP) is 3.99. The number of hydrogen-bond acceptors (Lipinski definition) is 2. The minimum atomic E-state index is 0.720. The summed E-state index contributed by atoms with van der Waals surface area (Å²) in [7, 11) is 2.27. The molecule has 2 unspecified atom stereocenters. The second kappa shape index (κ2) is 8.55. The molecule has 1 aromatic carbocycles. The van der Waals surface area contributed by atoms with Gasteiger partial charge in [-0.25, -0.2) is 0 Å². The molecular weight excluding hydrogens is 256 g/mol. The van der Waals surface area contributed by atoms with Crippen molar-refractivity contribution in [3.63, 3.8) is 0 Å². The minimum absolute atomic E-state index is 0.720. The van der Waals surface area contributed by atoms with E-state index in [1.54, 1.807) is 0 Å². The smallest absolute Gasteiger partial charge is 0.0230 e. The third-order valence-electron chi connectivity index (χ3n) is 4.74. The highest BCUT2D eigenvalue weighted by Crippen LogP contribution is 2.24. The van der Waals surface area contributed by atoms with E-state index in [-0.39, 0.29) is 0 Å². The van der Waals surface area contributed by atoms with Crippen LogP contribution in [0.15, 0.2) is 24.3 Å². The summed E-state index contributed by atoms with van der Waals surface area (Å²) in [4.78, 5) is 2.50. The normalized spacial score (nSPS) is 23.2. The van der Waals surface area contributed by atoms with E-state index in [0.717, 1.165) is 25.0 Å². The Morgan fingerprint density at radius 1 is 1.10 bits per heavy atom. The van der Waals surface area contributed by atoms with Crippen molar-refractivity contribution in [2.45, 2.75) is 58.5 Å². The van der Waals surface area contributed by atoms with Gasteiger partial charge in [-0.05, 0) is 44.8 Å². The Morgan fingerprint density at radius 2 is 1.81 bits per heavy atom. The second-order valence-corrected chi connectivity index (χ2v) is 6.74. The van der Waals surface area contributed by atoms with Crippen LogP contribution in [0.5, 0.6) is 0 Å². The molecule has 0 spiro atoms. The van der Waals surface area contributed by atoms with Crippen LogP contribution in [0, 0.1) is 12.8 Å². The average molecular weight is 288 g/mol. The summed E-state index contributed by atoms with van der Waals surface area (Å²) in [6, 6.07) is 9.69. The molecule has 2 atom stereocenters. The molecule has 1 aromatic rings. The lowest BCUT2D eigenvalue weighted by atomic mass is 9.94. The van der Waals surface area contributed by atoms with Crippen LogP contribution in [-0.2, 0) is 6.54 Å². The molecule has 2 nitrogen and oxygen atoms in total. The summed E-state index contributed by atoms with van der Waals surface area (Å²) < 4.78 is 0. The fraction of sp³-hybridized carbons (Fsp3) is 0.684. The van der Waals surface area contributed by atoms with Gasteiger partial charge in [-0.2, -0.15) is 0 Å². The molecule has 0 amide bonds. The molecule has 1 N–H and O–H groups in total. The molecule has 1 saturated carbocycles. The standard InChI is InChI=1S/C19H32N2/c1-4-20-19-9-7-5-6-8-18(19)15-21(3)14-17-12-10-16(2)11-13-17/h10-13,18-20H,4-9,14-15H2,1-3H3. The van der Waals surface area contributed by atoms with Gasteiger partial charge in [0.15, 0.2) is 0 Å². The van der Waals surface area contributed by atoms with Crippen LogP contribution in [0.2, 0.25) is 0 Å². The molecule has 118 valence electrons. The fourth-order valence-electron chi connectivity index (χ4n) is 3.60. The zero-order chi connectivity index (χ0) is 15.1. The molecule has 1 aliphatic rings. The van der Waals surface area contributed by atoms with Crippen LogP contribution in [0.4, 0.5) is 0 Å². The Balaban J connectivity index is 1.89. The summed E-state index contributed by atoms with van der Waals surface area (Å²) in [6.45, 7) is 7.77. The van der Waals surface area contributed by atoms with Crippen molar-refractivity contribution in [2.75, 3.05) is 20.1 Å². The molecule has 21 heavy (non-hydrogen) atoms. The molecule has 0 heterocycles. The molecule has 2 heteroatoms. The van der Waals surface area contributed by atoms with E-state index in [0.29, 0.717) is 0 Å². The van der Waals surface area contributed by atoms with Gasteiger partial charge in [0.05, 0.1) is 0 Å². The maximum absolute atomic E-state index is 3.72. The highest BCUT2D eigenvalue weighted by atomic mass is 15.1. The molecule has 0 radical (unpaired) electrons. The highest BCUT2D eigenvalue weighted by Gasteiger charge is 2.23. The predicted molar refractivity (Wildman–Crippen MR) is 91.6 cm³/mol. The van der Waals surface area contributed by atoms with Gasteiger partial charge in [0, 0.05) is 19.1 Å². The van der Waals surface area contributed by atoms with E-state index < -0.39 is 0 Å². The molecule has 0 aromatic heterocycles. The van der Waals surface area contributed by atoms with Gasteiger partial charge in [0.2, 0.25) is 0 Å². The third-order valence-corrected chi connectivity index (χ3v) is 4.74. The van der Waals surface area contributed by atoms with E-state index in [2.05, 4.69) is 55.4 Å². The second-order valence-electron chi connectivity index (χ2n) is 6.74. The van der Waals surface area contributed by atoms with Gasteiger partial charge in [0.25, 0.3) is 0 Å². The Bertz CT molecular complexity index is 399. The van der Waals surface area contributed by atoms with Crippen LogP contribution in [0.3, 0.4) is 0 Å². The van der Waals surface area contributed by atoms with Crippen LogP contribution in [-0.4, -0.2) is 31.1 Å². The van der Waals surface area contributed by atoms with Crippen molar-refractivity contribution >= 4 is 0 Å². The average Bonchev–Trinajstić information content (AvgIpc) is 2.68. The summed E-state index contributed by atoms with van der Waals surface area (Å²) in [6.07, 6.45) is 6.97. The Hall–Kier alpha value is -0.860. The van der Waals surface area contributed by atoms with Gasteiger partial charge in [0.1, 0.15) is 0 Å². The van der Waals surface area contributed by atoms with Crippen LogP contribution in [0.1, 0.15) is 50.2 Å². The van der Waals surface area contributed by atoms with Crippen molar-refractivity contribution in [2.24, 2.45) is 5.92 Å². The van der Waals surface area contributed by atoms with Crippen molar-refractivity contribution in [3.8, 4) is 0 Å². The van der Waals surface area contributed by atoms with E-state index >= 15 is 0 Å². The maximum Gasteiger partial charge on any atom is 0.0230 e. The number of benzene rings is 1. The first-order chi connectivity index (χ1) is 10.2. The summed E-state index contributed by atoms with van der Waals surface area (Å²) in [5, 5.41) is 3.72. The lowest BCUT2D eigenvalue weighted by Crippen LogP contribution is -2.40. The molecular formula is C19H32N2. The summed E-state index contributed by atoms with van der Waals surface area (Å²) in [5.74, 6) is 0.808. The van der Waals surface area contributed by atoms with E-state index in [4.69, 9.17) is 0 Å². The molecule has 1 fully saturated rings. The van der Waals surface area contributed by atoms with Crippen LogP contribution < -0.4 is 5.32 Å². The Kier molecular flexibility index (Phi) is 6.72. The van der Waals surface area contributed by atoms with E-state index in [9.17, 15) is 0 Å². The van der Waals surface area contributed by atoms with Gasteiger partial charge in [-0.1, -0.05) is 56.0 Å². The van der Waals surface area contributed by atoms with Gasteiger partial charge >= 0.3 is 0 Å².